The van der Waals surface area contributed by atoms with E-state index in [-0.39, 0.29) is 49.5 Å². The molecule has 4 rings (SSSR count). The molecule has 1 nitrogen and oxygen atoms in total. The third-order valence-electron chi connectivity index (χ3n) is 7.16. The summed E-state index contributed by atoms with van der Waals surface area (Å²) in [5.74, 6) is 1.98. The molecule has 0 saturated heterocycles. The summed E-state index contributed by atoms with van der Waals surface area (Å²) in [4.78, 5) is 7.17. The Kier molecular flexibility index (Phi) is 11.8. The van der Waals surface area contributed by atoms with Gasteiger partial charge in [-0.05, 0) is 62.2 Å². The van der Waals surface area contributed by atoms with E-state index in [9.17, 15) is 0 Å². The topological polar surface area (TPSA) is 14.1 Å². The maximum atomic E-state index is 6.34. The molecule has 2 aromatic rings. The molecule has 0 bridgehead atoms. The first-order valence-electron chi connectivity index (χ1n) is 10.8. The Balaban J connectivity index is 0.00000256. The summed E-state index contributed by atoms with van der Waals surface area (Å²) in [6, 6.07) is 15.6. The van der Waals surface area contributed by atoms with Crippen LogP contribution in [0.2, 0.25) is 17.1 Å². The van der Waals surface area contributed by atoms with Crippen LogP contribution in [0.5, 0.6) is 0 Å². The van der Waals surface area contributed by atoms with E-state index in [0.29, 0.717) is 28.5 Å². The van der Waals surface area contributed by atoms with Crippen LogP contribution in [0, 0.1) is 41.0 Å². The molecule has 5 heteroatoms. The average Bonchev–Trinajstić information content (AvgIpc) is 3.08. The van der Waals surface area contributed by atoms with Gasteiger partial charge in [-0.25, -0.2) is 0 Å². The van der Waals surface area contributed by atoms with Gasteiger partial charge in [0.15, 0.2) is 0 Å². The van der Waals surface area contributed by atoms with Crippen LogP contribution in [0.1, 0.15) is 51.7 Å². The fourth-order valence-electron chi connectivity index (χ4n) is 6.13. The minimum atomic E-state index is -2.18. The fraction of sp³-hybridized carbons (Fsp3) is 0.464. The molecule has 0 spiro atoms. The van der Waals surface area contributed by atoms with Crippen LogP contribution in [0.3, 0.4) is 0 Å². The summed E-state index contributed by atoms with van der Waals surface area (Å²) in [6.07, 6.45) is 0. The van der Waals surface area contributed by atoms with Crippen molar-refractivity contribution >= 4 is 36.8 Å². The zero-order valence-electron chi connectivity index (χ0n) is 22.2. The van der Waals surface area contributed by atoms with Crippen molar-refractivity contribution in [1.29, 1.82) is 0 Å². The summed E-state index contributed by atoms with van der Waals surface area (Å²) in [5.41, 5.74) is 3.44. The number of nitrogens with zero attached hydrogens (tertiary/aromatic N) is 1. The third kappa shape index (κ3) is 5.87. The first kappa shape index (κ1) is 33.0. The number of aryl methyl sites for hydroxylation is 1. The largest absolute Gasteiger partial charge is 4.00 e. The minimum Gasteiger partial charge on any atom is -0.656 e. The summed E-state index contributed by atoms with van der Waals surface area (Å²) >= 11 is 8.47. The Morgan fingerprint density at radius 2 is 1.58 bits per heavy atom. The number of benzene rings is 2. The van der Waals surface area contributed by atoms with Crippen LogP contribution in [0.4, 0.5) is 0 Å². The van der Waals surface area contributed by atoms with Crippen molar-refractivity contribution in [3.8, 4) is 0 Å². The molecule has 0 amide bonds. The molecule has 1 saturated carbocycles. The standard InChI is InChI=1S/C25H33ClNSSi.3CH3.Ti/c1-15-14-18(26)12-13-21(15)29(7,27-25(4,5)6)24-17(3)16(2)22-19-10-8-9-11-20(19)28-23(22)24;;;;/h8-14,16-17,22-24H,1-7H3;3*1H3;/q4*-1;+4. The molecule has 0 N–H and O–H groups in total. The molecule has 1 heterocycles. The fourth-order valence-corrected chi connectivity index (χ4v) is 14.6. The second kappa shape index (κ2) is 11.8. The average molecular weight is 536 g/mol. The van der Waals surface area contributed by atoms with Crippen molar-refractivity contribution < 1.29 is 21.7 Å². The maximum absolute atomic E-state index is 6.34. The van der Waals surface area contributed by atoms with E-state index in [4.69, 9.17) is 16.6 Å². The van der Waals surface area contributed by atoms with Gasteiger partial charge >= 0.3 is 21.7 Å². The molecule has 2 aliphatic rings. The van der Waals surface area contributed by atoms with E-state index in [2.05, 4.69) is 102 Å². The van der Waals surface area contributed by atoms with Gasteiger partial charge in [0, 0.05) is 15.2 Å². The van der Waals surface area contributed by atoms with Gasteiger partial charge in [-0.3, -0.25) is 0 Å². The predicted octanol–water partition coefficient (Wildman–Crippen LogP) is 8.87. The molecule has 2 aromatic carbocycles. The van der Waals surface area contributed by atoms with Crippen molar-refractivity contribution in [2.24, 2.45) is 11.8 Å². The second-order valence-corrected chi connectivity index (χ2v) is 15.7. The van der Waals surface area contributed by atoms with Crippen LogP contribution in [-0.4, -0.2) is 19.0 Å². The van der Waals surface area contributed by atoms with Crippen molar-refractivity contribution in [2.45, 2.75) is 75.2 Å². The Morgan fingerprint density at radius 3 is 2.15 bits per heavy atom. The van der Waals surface area contributed by atoms with Gasteiger partial charge in [0.05, 0.1) is 0 Å². The Bertz CT molecular complexity index is 930. The van der Waals surface area contributed by atoms with E-state index < -0.39 is 8.24 Å². The molecule has 1 aliphatic carbocycles. The second-order valence-electron chi connectivity index (χ2n) is 10.3. The number of thioether (sulfide) groups is 1. The van der Waals surface area contributed by atoms with Crippen LogP contribution in [0.25, 0.3) is 4.98 Å². The molecular formula is C28H42ClNSSiTi. The monoisotopic (exact) mass is 535 g/mol. The number of hydrogen-bond donors (Lipinski definition) is 0. The molecule has 6 unspecified atom stereocenters. The van der Waals surface area contributed by atoms with Crippen LogP contribution in [-0.2, 0) is 21.7 Å². The molecule has 6 atom stereocenters. The molecule has 33 heavy (non-hydrogen) atoms. The van der Waals surface area contributed by atoms with Gasteiger partial charge in [0.2, 0.25) is 0 Å². The normalized spacial score (nSPS) is 27.0. The van der Waals surface area contributed by atoms with Crippen molar-refractivity contribution in [3.63, 3.8) is 0 Å². The predicted molar refractivity (Wildman–Crippen MR) is 151 cm³/mol. The third-order valence-corrected chi connectivity index (χ3v) is 14.1. The Morgan fingerprint density at radius 1 is 0.970 bits per heavy atom. The summed E-state index contributed by atoms with van der Waals surface area (Å²) < 4.78 is 0. The molecule has 1 aliphatic heterocycles. The summed E-state index contributed by atoms with van der Waals surface area (Å²) in [7, 11) is -2.18. The van der Waals surface area contributed by atoms with E-state index in [1.165, 1.54) is 15.6 Å². The van der Waals surface area contributed by atoms with Gasteiger partial charge in [0.25, 0.3) is 0 Å². The molecule has 0 aromatic heterocycles. The van der Waals surface area contributed by atoms with E-state index in [1.807, 2.05) is 0 Å². The maximum Gasteiger partial charge on any atom is 4.00 e. The zero-order chi connectivity index (χ0) is 21.1. The van der Waals surface area contributed by atoms with Gasteiger partial charge in [-0.15, -0.1) is 17.3 Å². The number of fused-ring (bicyclic) bond motifs is 3. The van der Waals surface area contributed by atoms with Crippen LogP contribution >= 0.6 is 23.4 Å². The van der Waals surface area contributed by atoms with E-state index in [1.54, 1.807) is 5.56 Å². The van der Waals surface area contributed by atoms with E-state index >= 15 is 0 Å². The van der Waals surface area contributed by atoms with Gasteiger partial charge in [-0.1, -0.05) is 87.8 Å². The van der Waals surface area contributed by atoms with Crippen molar-refractivity contribution in [1.82, 2.24) is 0 Å². The first-order chi connectivity index (χ1) is 13.5. The molecule has 180 valence electrons. The van der Waals surface area contributed by atoms with Crippen LogP contribution < -0.4 is 5.19 Å². The quantitative estimate of drug-likeness (QED) is 0.283. The summed E-state index contributed by atoms with van der Waals surface area (Å²) in [5, 5.41) is 2.92. The van der Waals surface area contributed by atoms with Crippen LogP contribution in [0.15, 0.2) is 47.4 Å². The van der Waals surface area contributed by atoms with Crippen molar-refractivity contribution in [2.75, 3.05) is 0 Å². The van der Waals surface area contributed by atoms with Gasteiger partial charge in [0.1, 0.15) is 0 Å². The van der Waals surface area contributed by atoms with Crippen molar-refractivity contribution in [3.05, 3.63) is 85.9 Å². The number of halogens is 1. The smallest absolute Gasteiger partial charge is 0.656 e. The minimum absolute atomic E-state index is 0. The first-order valence-corrected chi connectivity index (χ1v) is 14.6. The summed E-state index contributed by atoms with van der Waals surface area (Å²) in [6.45, 7) is 16.5. The zero-order valence-corrected chi connectivity index (χ0v) is 26.3. The SMILES string of the molecule is Cc1cc(Cl)ccc1[Si](C)([N-]C(C)(C)C)C1C(C)C(C)C2c3ccccc3SC21.[CH3-].[CH3-].[CH3-].[Ti+4]. The molecule has 1 fully saturated rings. The number of rotatable bonds is 3. The molecule has 0 radical (unpaired) electrons. The Hall–Kier alpha value is -0.0288. The van der Waals surface area contributed by atoms with Gasteiger partial charge in [-0.2, -0.15) is 0 Å². The Labute approximate surface area is 230 Å². The van der Waals surface area contributed by atoms with E-state index in [0.717, 1.165) is 5.02 Å². The molecular weight excluding hydrogens is 494 g/mol. The van der Waals surface area contributed by atoms with Gasteiger partial charge < -0.3 is 27.3 Å². The number of hydrogen-bond acceptors (Lipinski definition) is 1.